The number of ketones is 1. The molecule has 102 valence electrons. The van der Waals surface area contributed by atoms with E-state index in [0.717, 1.165) is 28.7 Å². The maximum Gasteiger partial charge on any atom is 0.299 e. The summed E-state index contributed by atoms with van der Waals surface area (Å²) in [4.78, 5) is 25.6. The van der Waals surface area contributed by atoms with Gasteiger partial charge < -0.3 is 10.2 Å². The molecule has 1 aromatic carbocycles. The Morgan fingerprint density at radius 1 is 1.26 bits per heavy atom. The predicted molar refractivity (Wildman–Crippen MR) is 78.7 cm³/mol. The van der Waals surface area contributed by atoms with Crippen molar-refractivity contribution in [3.8, 4) is 0 Å². The Bertz CT molecular complexity index is 528. The number of nitrogens with zero attached hydrogens (tertiary/aromatic N) is 1. The van der Waals surface area contributed by atoms with E-state index >= 15 is 0 Å². The normalized spacial score (nSPS) is 14.2. The summed E-state index contributed by atoms with van der Waals surface area (Å²) in [7, 11) is 0. The molecule has 19 heavy (non-hydrogen) atoms. The van der Waals surface area contributed by atoms with Gasteiger partial charge in [-0.25, -0.2) is 0 Å². The van der Waals surface area contributed by atoms with Gasteiger partial charge in [-0.2, -0.15) is 0 Å². The van der Waals surface area contributed by atoms with Gasteiger partial charge in [0.1, 0.15) is 0 Å². The molecule has 0 aliphatic carbocycles. The van der Waals surface area contributed by atoms with Crippen LogP contribution in [0.5, 0.6) is 0 Å². The molecule has 0 radical (unpaired) electrons. The second-order valence-corrected chi connectivity index (χ2v) is 5.57. The zero-order valence-electron chi connectivity index (χ0n) is 11.1. The van der Waals surface area contributed by atoms with Crippen molar-refractivity contribution < 1.29 is 9.59 Å². The Labute approximate surface area is 121 Å². The zero-order valence-corrected chi connectivity index (χ0v) is 12.7. The van der Waals surface area contributed by atoms with Crippen molar-refractivity contribution in [2.45, 2.75) is 20.3 Å². The van der Waals surface area contributed by atoms with Gasteiger partial charge in [0, 0.05) is 17.6 Å². The van der Waals surface area contributed by atoms with Crippen molar-refractivity contribution >= 4 is 33.3 Å². The Kier molecular flexibility index (Phi) is 4.37. The van der Waals surface area contributed by atoms with Gasteiger partial charge in [-0.15, -0.1) is 0 Å². The number of halogens is 1. The molecule has 4 nitrogen and oxygen atoms in total. The highest BCUT2D eigenvalue weighted by molar-refractivity contribution is 9.10. The number of hydrogen-bond acceptors (Lipinski definition) is 3. The van der Waals surface area contributed by atoms with E-state index in [0.29, 0.717) is 18.7 Å². The van der Waals surface area contributed by atoms with Crippen LogP contribution >= 0.6 is 15.9 Å². The number of nitrogens with one attached hydrogen (secondary N) is 1. The quantitative estimate of drug-likeness (QED) is 0.667. The standard InChI is InChI=1S/C14H17BrN2O2/c1-3-4-16-5-6-17-12-9(2)7-10(15)8-11(12)13(18)14(17)19/h7-8,16H,3-6H2,1-2H3. The van der Waals surface area contributed by atoms with Gasteiger partial charge in [-0.1, -0.05) is 22.9 Å². The number of fused-ring (bicyclic) bond motifs is 1. The third-order valence-corrected chi connectivity index (χ3v) is 3.62. The number of carbonyl (C=O) groups excluding carboxylic acids is 2. The number of carbonyl (C=O) groups is 2. The number of anilines is 1. The first kappa shape index (κ1) is 14.2. The van der Waals surface area contributed by atoms with Gasteiger partial charge in [0.25, 0.3) is 11.7 Å². The number of Topliss-reactive ketones (excluding diaryl/α,β-unsaturated/α-hetero) is 1. The minimum absolute atomic E-state index is 0.408. The molecule has 0 fully saturated rings. The maximum absolute atomic E-state index is 12.0. The highest BCUT2D eigenvalue weighted by Crippen LogP contribution is 2.34. The SMILES string of the molecule is CCCNCCN1C(=O)C(=O)c2cc(Br)cc(C)c21. The van der Waals surface area contributed by atoms with Gasteiger partial charge in [0.05, 0.1) is 11.3 Å². The van der Waals surface area contributed by atoms with E-state index in [2.05, 4.69) is 28.2 Å². The molecule has 0 aromatic heterocycles. The minimum atomic E-state index is -0.422. The Balaban J connectivity index is 2.23. The van der Waals surface area contributed by atoms with Crippen LogP contribution in [0.3, 0.4) is 0 Å². The molecule has 0 bridgehead atoms. The lowest BCUT2D eigenvalue weighted by molar-refractivity contribution is -0.114. The van der Waals surface area contributed by atoms with Crippen LogP contribution in [0, 0.1) is 6.92 Å². The van der Waals surface area contributed by atoms with Crippen molar-refractivity contribution in [1.82, 2.24) is 5.32 Å². The first-order chi connectivity index (χ1) is 9.06. The van der Waals surface area contributed by atoms with Gasteiger partial charge >= 0.3 is 0 Å². The number of aryl methyl sites for hydroxylation is 1. The summed E-state index contributed by atoms with van der Waals surface area (Å²) in [6.07, 6.45) is 1.05. The zero-order chi connectivity index (χ0) is 14.0. The van der Waals surface area contributed by atoms with Crippen molar-refractivity contribution in [2.75, 3.05) is 24.5 Å². The van der Waals surface area contributed by atoms with Crippen LogP contribution in [0.25, 0.3) is 0 Å². The van der Waals surface area contributed by atoms with Crippen LogP contribution < -0.4 is 10.2 Å². The Hall–Kier alpha value is -1.20. The van der Waals surface area contributed by atoms with Gasteiger partial charge in [-0.05, 0) is 37.6 Å². The van der Waals surface area contributed by atoms with E-state index in [1.807, 2.05) is 13.0 Å². The largest absolute Gasteiger partial charge is 0.315 e. The first-order valence-corrected chi connectivity index (χ1v) is 7.22. The van der Waals surface area contributed by atoms with Crippen LogP contribution in [0.4, 0.5) is 5.69 Å². The van der Waals surface area contributed by atoms with Crippen LogP contribution in [-0.4, -0.2) is 31.3 Å². The first-order valence-electron chi connectivity index (χ1n) is 6.43. The highest BCUT2D eigenvalue weighted by atomic mass is 79.9. The average Bonchev–Trinajstić information content (AvgIpc) is 2.60. The van der Waals surface area contributed by atoms with Gasteiger partial charge in [-0.3, -0.25) is 9.59 Å². The second-order valence-electron chi connectivity index (χ2n) is 4.65. The molecule has 1 aliphatic heterocycles. The second kappa shape index (κ2) is 5.84. The van der Waals surface area contributed by atoms with Crippen LogP contribution in [-0.2, 0) is 4.79 Å². The lowest BCUT2D eigenvalue weighted by Gasteiger charge is -2.18. The number of hydrogen-bond donors (Lipinski definition) is 1. The van der Waals surface area contributed by atoms with E-state index in [4.69, 9.17) is 0 Å². The van der Waals surface area contributed by atoms with E-state index < -0.39 is 11.7 Å². The summed E-state index contributed by atoms with van der Waals surface area (Å²) in [5, 5.41) is 3.24. The Morgan fingerprint density at radius 2 is 2.00 bits per heavy atom. The lowest BCUT2D eigenvalue weighted by atomic mass is 10.1. The van der Waals surface area contributed by atoms with Crippen molar-refractivity contribution in [2.24, 2.45) is 0 Å². The van der Waals surface area contributed by atoms with E-state index in [9.17, 15) is 9.59 Å². The van der Waals surface area contributed by atoms with E-state index in [1.54, 1.807) is 11.0 Å². The lowest BCUT2D eigenvalue weighted by Crippen LogP contribution is -2.36. The van der Waals surface area contributed by atoms with Crippen molar-refractivity contribution in [1.29, 1.82) is 0 Å². The fourth-order valence-electron chi connectivity index (χ4n) is 2.31. The summed E-state index contributed by atoms with van der Waals surface area (Å²) in [6, 6.07) is 3.65. The summed E-state index contributed by atoms with van der Waals surface area (Å²) >= 11 is 3.36. The van der Waals surface area contributed by atoms with Gasteiger partial charge in [0.15, 0.2) is 0 Å². The molecule has 2 rings (SSSR count). The summed E-state index contributed by atoms with van der Waals surface area (Å²) in [6.45, 7) is 6.15. The predicted octanol–water partition coefficient (Wildman–Crippen LogP) is 2.29. The molecular weight excluding hydrogens is 308 g/mol. The topological polar surface area (TPSA) is 49.4 Å². The Morgan fingerprint density at radius 3 is 2.68 bits per heavy atom. The van der Waals surface area contributed by atoms with Crippen molar-refractivity contribution in [3.05, 3.63) is 27.7 Å². The van der Waals surface area contributed by atoms with Gasteiger partial charge in [0.2, 0.25) is 0 Å². The fourth-order valence-corrected chi connectivity index (χ4v) is 2.88. The average molecular weight is 325 g/mol. The van der Waals surface area contributed by atoms with E-state index in [-0.39, 0.29) is 0 Å². The number of benzene rings is 1. The number of amides is 1. The molecule has 1 aromatic rings. The summed E-state index contributed by atoms with van der Waals surface area (Å²) in [5.74, 6) is -0.829. The number of rotatable bonds is 5. The third-order valence-electron chi connectivity index (χ3n) is 3.16. The monoisotopic (exact) mass is 324 g/mol. The molecule has 1 aliphatic rings. The van der Waals surface area contributed by atoms with Crippen LogP contribution in [0.1, 0.15) is 29.3 Å². The smallest absolute Gasteiger partial charge is 0.299 e. The molecule has 0 saturated heterocycles. The van der Waals surface area contributed by atoms with Crippen molar-refractivity contribution in [3.63, 3.8) is 0 Å². The molecule has 1 amide bonds. The molecule has 1 N–H and O–H groups in total. The fraction of sp³-hybridized carbons (Fsp3) is 0.429. The highest BCUT2D eigenvalue weighted by Gasteiger charge is 2.36. The molecule has 0 spiro atoms. The molecule has 5 heteroatoms. The molecule has 0 atom stereocenters. The maximum atomic E-state index is 12.0. The summed E-state index contributed by atoms with van der Waals surface area (Å²) < 4.78 is 0.829. The third kappa shape index (κ3) is 2.72. The molecule has 0 saturated carbocycles. The molecule has 0 unspecified atom stereocenters. The van der Waals surface area contributed by atoms with Crippen LogP contribution in [0.15, 0.2) is 16.6 Å². The van der Waals surface area contributed by atoms with Crippen LogP contribution in [0.2, 0.25) is 0 Å². The summed E-state index contributed by atoms with van der Waals surface area (Å²) in [5.41, 5.74) is 2.21. The molecular formula is C14H17BrN2O2. The minimum Gasteiger partial charge on any atom is -0.315 e. The van der Waals surface area contributed by atoms with E-state index in [1.165, 1.54) is 0 Å². The molecule has 1 heterocycles.